The van der Waals surface area contributed by atoms with Crippen LogP contribution in [0.2, 0.25) is 0 Å². The molecule has 5 N–H and O–H groups in total. The van der Waals surface area contributed by atoms with E-state index in [0.29, 0.717) is 16.9 Å². The number of aromatic nitrogens is 2. The van der Waals surface area contributed by atoms with E-state index in [4.69, 9.17) is 21.3 Å². The molecule has 1 saturated heterocycles. The molecule has 1 aromatic heterocycles. The number of ether oxygens (including phenoxy) is 1. The highest BCUT2D eigenvalue weighted by atomic mass is 16.5. The van der Waals surface area contributed by atoms with Gasteiger partial charge in [0.1, 0.15) is 23.5 Å². The van der Waals surface area contributed by atoms with E-state index in [-0.39, 0.29) is 11.3 Å². The van der Waals surface area contributed by atoms with Crippen LogP contribution in [0, 0.1) is 10.8 Å². The number of nitrogens with one attached hydrogen (secondary N) is 3. The fraction of sp³-hybridized carbons (Fsp3) is 0.391. The fourth-order valence-electron chi connectivity index (χ4n) is 3.74. The number of anilines is 2. The summed E-state index contributed by atoms with van der Waals surface area (Å²) in [6, 6.07) is 7.31. The molecule has 0 unspecified atom stereocenters. The van der Waals surface area contributed by atoms with Crippen molar-refractivity contribution in [1.29, 1.82) is 10.8 Å². The normalized spacial score (nSPS) is 17.6. The Morgan fingerprint density at radius 3 is 2.59 bits per heavy atom. The Bertz CT molecular complexity index is 1040. The van der Waals surface area contributed by atoms with Crippen molar-refractivity contribution in [3.63, 3.8) is 0 Å². The molecule has 0 amide bonds. The molecule has 0 radical (unpaired) electrons. The van der Waals surface area contributed by atoms with E-state index >= 15 is 0 Å². The number of hydrogen-bond donors (Lipinski definition) is 4. The van der Waals surface area contributed by atoms with Crippen LogP contribution in [0.3, 0.4) is 0 Å². The average Bonchev–Trinajstić information content (AvgIpc) is 3.55. The highest BCUT2D eigenvalue weighted by Gasteiger charge is 2.40. The molecule has 0 bridgehead atoms. The van der Waals surface area contributed by atoms with Crippen LogP contribution in [0.25, 0.3) is 0 Å². The maximum atomic E-state index is 8.73. The minimum Gasteiger partial charge on any atom is -0.488 e. The molecule has 2 fully saturated rings. The topological polar surface area (TPSA) is 127 Å². The number of piperazine rings is 1. The average molecular weight is 435 g/mol. The lowest BCUT2D eigenvalue weighted by Gasteiger charge is -2.36. The van der Waals surface area contributed by atoms with Crippen molar-refractivity contribution in [1.82, 2.24) is 20.2 Å². The van der Waals surface area contributed by atoms with Crippen LogP contribution >= 0.6 is 0 Å². The van der Waals surface area contributed by atoms with Crippen molar-refractivity contribution in [3.8, 4) is 5.75 Å². The molecule has 1 saturated carbocycles. The van der Waals surface area contributed by atoms with Crippen molar-refractivity contribution < 1.29 is 4.74 Å². The Morgan fingerprint density at radius 2 is 1.94 bits per heavy atom. The van der Waals surface area contributed by atoms with Gasteiger partial charge in [-0.15, -0.1) is 0 Å². The zero-order valence-electron chi connectivity index (χ0n) is 18.6. The fourth-order valence-corrected chi connectivity index (χ4v) is 3.74. The van der Waals surface area contributed by atoms with Gasteiger partial charge in [-0.25, -0.2) is 9.97 Å². The maximum Gasteiger partial charge on any atom is 0.132 e. The van der Waals surface area contributed by atoms with Crippen molar-refractivity contribution in [2.45, 2.75) is 25.4 Å². The molecule has 2 heterocycles. The van der Waals surface area contributed by atoms with Gasteiger partial charge in [0.05, 0.1) is 17.1 Å². The summed E-state index contributed by atoms with van der Waals surface area (Å²) in [6.45, 7) is 5.19. The zero-order chi connectivity index (χ0) is 22.7. The highest BCUT2D eigenvalue weighted by molar-refractivity contribution is 6.13. The van der Waals surface area contributed by atoms with Gasteiger partial charge in [0.15, 0.2) is 0 Å². The molecule has 1 aromatic carbocycles. The van der Waals surface area contributed by atoms with Gasteiger partial charge in [-0.3, -0.25) is 5.41 Å². The van der Waals surface area contributed by atoms with E-state index < -0.39 is 0 Å². The van der Waals surface area contributed by atoms with E-state index in [1.54, 1.807) is 6.07 Å². The van der Waals surface area contributed by atoms with Crippen molar-refractivity contribution >= 4 is 23.4 Å². The van der Waals surface area contributed by atoms with Gasteiger partial charge in [-0.1, -0.05) is 0 Å². The minimum absolute atomic E-state index is 0.0974. The first-order valence-corrected chi connectivity index (χ1v) is 10.8. The molecule has 2 aromatic rings. The first-order valence-electron chi connectivity index (χ1n) is 10.8. The Labute approximate surface area is 188 Å². The van der Waals surface area contributed by atoms with E-state index in [2.05, 4.69) is 32.0 Å². The van der Waals surface area contributed by atoms with Crippen LogP contribution in [-0.4, -0.2) is 65.6 Å². The summed E-state index contributed by atoms with van der Waals surface area (Å²) in [5, 5.41) is 19.3. The lowest BCUT2D eigenvalue weighted by molar-refractivity contribution is 0.200. The third kappa shape index (κ3) is 4.66. The molecule has 9 heteroatoms. The summed E-state index contributed by atoms with van der Waals surface area (Å²) in [5.41, 5.74) is 8.84. The second-order valence-electron chi connectivity index (χ2n) is 8.41. The Balaban J connectivity index is 1.49. The van der Waals surface area contributed by atoms with Gasteiger partial charge < -0.3 is 31.0 Å². The summed E-state index contributed by atoms with van der Waals surface area (Å²) in [7, 11) is 1.83. The van der Waals surface area contributed by atoms with Crippen LogP contribution in [-0.2, 0) is 0 Å². The standard InChI is InChI=1S/C23H30N8O/c1-23(5-6-23)32-17-3-4-19(25)18(11-17)22(26)20-12-21(29-15-28-20)31-9-7-30(8-10-31)16(13-24)14-27-2/h3-4,11-15,24,26-27H,5-10,25H2,1-2H3/b16-14+,24-13?,26-22?. The smallest absolute Gasteiger partial charge is 0.132 e. The number of allylic oxidation sites excluding steroid dienone is 1. The molecule has 0 spiro atoms. The lowest BCUT2D eigenvalue weighted by atomic mass is 10.0. The summed E-state index contributed by atoms with van der Waals surface area (Å²) in [6.07, 6.45) is 6.77. The summed E-state index contributed by atoms with van der Waals surface area (Å²) in [4.78, 5) is 13.1. The van der Waals surface area contributed by atoms with E-state index in [1.165, 1.54) is 12.5 Å². The molecule has 9 nitrogen and oxygen atoms in total. The number of nitrogens with two attached hydrogens (primary N) is 1. The van der Waals surface area contributed by atoms with Gasteiger partial charge in [0.25, 0.3) is 0 Å². The minimum atomic E-state index is -0.0974. The van der Waals surface area contributed by atoms with Gasteiger partial charge in [0, 0.05) is 63.0 Å². The molecule has 168 valence electrons. The molecule has 4 rings (SSSR count). The predicted octanol–water partition coefficient (Wildman–Crippen LogP) is 2.24. The largest absolute Gasteiger partial charge is 0.488 e. The third-order valence-corrected chi connectivity index (χ3v) is 5.93. The number of hydrogen-bond acceptors (Lipinski definition) is 9. The van der Waals surface area contributed by atoms with Crippen molar-refractivity contribution in [2.24, 2.45) is 0 Å². The second-order valence-corrected chi connectivity index (χ2v) is 8.41. The first-order chi connectivity index (χ1) is 15.4. The SMILES string of the molecule is CN/C=C(\C=N)N1CCN(c2cc(C(=N)c3cc(OC4(C)CC4)ccc3N)ncn2)CC1. The highest BCUT2D eigenvalue weighted by Crippen LogP contribution is 2.40. The Hall–Kier alpha value is -3.62. The molecule has 0 atom stereocenters. The molecule has 2 aliphatic rings. The number of rotatable bonds is 8. The number of benzene rings is 1. The van der Waals surface area contributed by atoms with E-state index in [0.717, 1.165) is 56.3 Å². The van der Waals surface area contributed by atoms with Gasteiger partial charge in [0.2, 0.25) is 0 Å². The van der Waals surface area contributed by atoms with Crippen LogP contribution in [0.5, 0.6) is 5.75 Å². The maximum absolute atomic E-state index is 8.73. The van der Waals surface area contributed by atoms with E-state index in [1.807, 2.05) is 31.4 Å². The van der Waals surface area contributed by atoms with Crippen molar-refractivity contribution in [2.75, 3.05) is 43.9 Å². The van der Waals surface area contributed by atoms with Crippen molar-refractivity contribution in [3.05, 3.63) is 53.7 Å². The van der Waals surface area contributed by atoms with Gasteiger partial charge >= 0.3 is 0 Å². The van der Waals surface area contributed by atoms with Gasteiger partial charge in [-0.05, 0) is 38.0 Å². The zero-order valence-corrected chi connectivity index (χ0v) is 18.6. The monoisotopic (exact) mass is 434 g/mol. The Morgan fingerprint density at radius 1 is 1.19 bits per heavy atom. The number of nitrogen functional groups attached to an aromatic ring is 1. The molecule has 1 aliphatic heterocycles. The first kappa shape index (κ1) is 21.6. The van der Waals surface area contributed by atoms with Gasteiger partial charge in [-0.2, -0.15) is 0 Å². The third-order valence-electron chi connectivity index (χ3n) is 5.93. The summed E-state index contributed by atoms with van der Waals surface area (Å²) < 4.78 is 6.05. The van der Waals surface area contributed by atoms with E-state index in [9.17, 15) is 0 Å². The summed E-state index contributed by atoms with van der Waals surface area (Å²) >= 11 is 0. The molecular weight excluding hydrogens is 404 g/mol. The van der Waals surface area contributed by atoms with Crippen LogP contribution < -0.4 is 20.7 Å². The predicted molar refractivity (Wildman–Crippen MR) is 127 cm³/mol. The lowest BCUT2D eigenvalue weighted by Crippen LogP contribution is -2.46. The van der Waals surface area contributed by atoms with Crippen LogP contribution in [0.1, 0.15) is 31.0 Å². The molecule has 1 aliphatic carbocycles. The van der Waals surface area contributed by atoms with Crippen LogP contribution in [0.15, 0.2) is 42.5 Å². The van der Waals surface area contributed by atoms with Crippen LogP contribution in [0.4, 0.5) is 11.5 Å². The molecular formula is C23H30N8O. The molecule has 32 heavy (non-hydrogen) atoms. The summed E-state index contributed by atoms with van der Waals surface area (Å²) in [5.74, 6) is 1.51. The second kappa shape index (κ2) is 8.86. The quantitative estimate of drug-likeness (QED) is 0.371. The number of nitrogens with zero attached hydrogens (tertiary/aromatic N) is 4. The Kier molecular flexibility index (Phi) is 5.98.